The molecule has 2 aromatic carbocycles. The first-order valence-electron chi connectivity index (χ1n) is 9.07. The van der Waals surface area contributed by atoms with Crippen LogP contribution in [0.1, 0.15) is 18.2 Å². The van der Waals surface area contributed by atoms with Crippen molar-refractivity contribution in [3.63, 3.8) is 0 Å². The number of fused-ring (bicyclic) bond motifs is 1. The van der Waals surface area contributed by atoms with Gasteiger partial charge < -0.3 is 4.90 Å². The van der Waals surface area contributed by atoms with Gasteiger partial charge in [-0.1, -0.05) is 12.1 Å². The molecule has 0 spiro atoms. The molecule has 1 unspecified atom stereocenters. The molecule has 1 aliphatic rings. The molecule has 0 bridgehead atoms. The van der Waals surface area contributed by atoms with E-state index in [1.165, 1.54) is 12.1 Å². The van der Waals surface area contributed by atoms with Gasteiger partial charge in [0.25, 0.3) is 0 Å². The van der Waals surface area contributed by atoms with Crippen molar-refractivity contribution in [1.82, 2.24) is 14.7 Å². The van der Waals surface area contributed by atoms with Gasteiger partial charge in [0.1, 0.15) is 5.82 Å². The van der Waals surface area contributed by atoms with Crippen molar-refractivity contribution in [1.29, 1.82) is 0 Å². The number of carbonyl (C=O) groups is 1. The molecule has 4 nitrogen and oxygen atoms in total. The number of nitrogens with zero attached hydrogens (tertiary/aromatic N) is 3. The number of benzene rings is 2. The van der Waals surface area contributed by atoms with E-state index in [0.29, 0.717) is 6.54 Å². The van der Waals surface area contributed by atoms with Gasteiger partial charge in [0.2, 0.25) is 5.91 Å². The van der Waals surface area contributed by atoms with Gasteiger partial charge >= 0.3 is 0 Å². The summed E-state index contributed by atoms with van der Waals surface area (Å²) in [5.74, 6) is -4.88. The molecule has 0 radical (unpaired) electrons. The van der Waals surface area contributed by atoms with Crippen LogP contribution >= 0.6 is 0 Å². The normalized spacial score (nSPS) is 16.0. The molecule has 8 heteroatoms. The summed E-state index contributed by atoms with van der Waals surface area (Å²) in [6, 6.07) is 7.46. The minimum atomic E-state index is -1.56. The number of carbonyl (C=O) groups excluding carboxylic acids is 1. The second-order valence-corrected chi connectivity index (χ2v) is 7.11. The van der Waals surface area contributed by atoms with Gasteiger partial charge in [-0.25, -0.2) is 17.6 Å². The Morgan fingerprint density at radius 1 is 1.10 bits per heavy atom. The van der Waals surface area contributed by atoms with Crippen LogP contribution in [0.25, 0.3) is 11.1 Å². The van der Waals surface area contributed by atoms with Gasteiger partial charge in [0, 0.05) is 11.6 Å². The van der Waals surface area contributed by atoms with Crippen molar-refractivity contribution >= 4 is 5.91 Å². The van der Waals surface area contributed by atoms with Gasteiger partial charge in [-0.3, -0.25) is 9.48 Å². The summed E-state index contributed by atoms with van der Waals surface area (Å²) in [5.41, 5.74) is 2.42. The SMILES string of the molecule is CC1Cn2ncc(-c3ccc(F)cc3)c2CN1C(=O)Cc1cc(F)c(F)c(F)c1. The average molecular weight is 403 g/mol. The van der Waals surface area contributed by atoms with Gasteiger partial charge in [-0.15, -0.1) is 0 Å². The van der Waals surface area contributed by atoms with E-state index >= 15 is 0 Å². The molecule has 0 aliphatic carbocycles. The fraction of sp³-hybridized carbons (Fsp3) is 0.238. The summed E-state index contributed by atoms with van der Waals surface area (Å²) in [4.78, 5) is 14.4. The van der Waals surface area contributed by atoms with E-state index in [2.05, 4.69) is 5.10 Å². The predicted octanol–water partition coefficient (Wildman–Crippen LogP) is 4.08. The molecule has 0 fully saturated rings. The molecule has 29 heavy (non-hydrogen) atoms. The van der Waals surface area contributed by atoms with Gasteiger partial charge in [0.15, 0.2) is 17.5 Å². The van der Waals surface area contributed by atoms with Crippen molar-refractivity contribution in [2.75, 3.05) is 0 Å². The summed E-state index contributed by atoms with van der Waals surface area (Å²) in [6.07, 6.45) is 1.42. The Morgan fingerprint density at radius 3 is 2.41 bits per heavy atom. The van der Waals surface area contributed by atoms with Crippen LogP contribution in [0.4, 0.5) is 17.6 Å². The number of aromatic nitrogens is 2. The Labute approximate surface area is 164 Å². The molecule has 150 valence electrons. The maximum atomic E-state index is 13.5. The zero-order valence-corrected chi connectivity index (χ0v) is 15.5. The molecule has 0 N–H and O–H groups in total. The Morgan fingerprint density at radius 2 is 1.76 bits per heavy atom. The van der Waals surface area contributed by atoms with Crippen LogP contribution in [-0.4, -0.2) is 26.6 Å². The molecule has 4 rings (SSSR count). The Hall–Kier alpha value is -3.16. The zero-order valence-electron chi connectivity index (χ0n) is 15.5. The topological polar surface area (TPSA) is 38.1 Å². The molecular formula is C21H17F4N3O. The molecular weight excluding hydrogens is 386 g/mol. The van der Waals surface area contributed by atoms with E-state index in [0.717, 1.165) is 29.0 Å². The van der Waals surface area contributed by atoms with Crippen molar-refractivity contribution in [3.8, 4) is 11.1 Å². The Balaban J connectivity index is 1.59. The van der Waals surface area contributed by atoms with Gasteiger partial charge in [-0.2, -0.15) is 5.10 Å². The minimum absolute atomic E-state index is 0.0661. The second-order valence-electron chi connectivity index (χ2n) is 7.11. The Bertz CT molecular complexity index is 1060. The van der Waals surface area contributed by atoms with Crippen molar-refractivity contribution in [2.24, 2.45) is 0 Å². The van der Waals surface area contributed by atoms with Crippen molar-refractivity contribution in [3.05, 3.63) is 77.1 Å². The molecule has 1 amide bonds. The van der Waals surface area contributed by atoms with Crippen LogP contribution < -0.4 is 0 Å². The zero-order chi connectivity index (χ0) is 20.7. The van der Waals surface area contributed by atoms with Crippen LogP contribution in [-0.2, 0) is 24.3 Å². The standard InChI is InChI=1S/C21H17F4N3O/c1-12-10-28-19(16(9-26-28)14-2-4-15(22)5-3-14)11-27(12)20(29)8-13-6-17(23)21(25)18(24)7-13/h2-7,9,12H,8,10-11H2,1H3. The predicted molar refractivity (Wildman–Crippen MR) is 97.7 cm³/mol. The van der Waals surface area contributed by atoms with Crippen LogP contribution in [0, 0.1) is 23.3 Å². The lowest BCUT2D eigenvalue weighted by atomic mass is 10.0. The first-order chi connectivity index (χ1) is 13.8. The highest BCUT2D eigenvalue weighted by molar-refractivity contribution is 5.79. The van der Waals surface area contributed by atoms with Gasteiger partial charge in [-0.05, 0) is 42.3 Å². The van der Waals surface area contributed by atoms with Crippen LogP contribution in [0.5, 0.6) is 0 Å². The fourth-order valence-electron chi connectivity index (χ4n) is 3.59. The molecule has 1 aliphatic heterocycles. The number of hydrogen-bond donors (Lipinski definition) is 0. The first-order valence-corrected chi connectivity index (χ1v) is 9.07. The van der Waals surface area contributed by atoms with Gasteiger partial charge in [0.05, 0.1) is 31.4 Å². The number of hydrogen-bond acceptors (Lipinski definition) is 2. The second kappa shape index (κ2) is 7.35. The van der Waals surface area contributed by atoms with E-state index in [1.54, 1.807) is 27.9 Å². The lowest BCUT2D eigenvalue weighted by molar-refractivity contribution is -0.134. The minimum Gasteiger partial charge on any atom is -0.332 e. The summed E-state index contributed by atoms with van der Waals surface area (Å²) in [6.45, 7) is 2.55. The highest BCUT2D eigenvalue weighted by Crippen LogP contribution is 2.29. The lowest BCUT2D eigenvalue weighted by Gasteiger charge is -2.34. The van der Waals surface area contributed by atoms with E-state index in [9.17, 15) is 22.4 Å². The number of amides is 1. The van der Waals surface area contributed by atoms with Crippen LogP contribution in [0.2, 0.25) is 0 Å². The smallest absolute Gasteiger partial charge is 0.227 e. The molecule has 0 saturated carbocycles. The number of rotatable bonds is 3. The molecule has 2 heterocycles. The monoisotopic (exact) mass is 403 g/mol. The average Bonchev–Trinajstić information content (AvgIpc) is 3.08. The summed E-state index contributed by atoms with van der Waals surface area (Å²) < 4.78 is 55.1. The fourth-order valence-corrected chi connectivity index (χ4v) is 3.59. The maximum absolute atomic E-state index is 13.5. The first kappa shape index (κ1) is 19.2. The summed E-state index contributed by atoms with van der Waals surface area (Å²) in [5, 5.41) is 4.36. The molecule has 0 saturated heterocycles. The number of halogens is 4. The largest absolute Gasteiger partial charge is 0.332 e. The highest BCUT2D eigenvalue weighted by Gasteiger charge is 2.30. The van der Waals surface area contributed by atoms with E-state index < -0.39 is 17.5 Å². The van der Waals surface area contributed by atoms with E-state index in [4.69, 9.17) is 0 Å². The summed E-state index contributed by atoms with van der Waals surface area (Å²) >= 11 is 0. The molecule has 1 atom stereocenters. The molecule has 3 aromatic rings. The molecule has 1 aromatic heterocycles. The quantitative estimate of drug-likeness (QED) is 0.488. The maximum Gasteiger partial charge on any atom is 0.227 e. The Kier molecular flexibility index (Phi) is 4.86. The third-order valence-electron chi connectivity index (χ3n) is 5.11. The highest BCUT2D eigenvalue weighted by atomic mass is 19.2. The van der Waals surface area contributed by atoms with Crippen molar-refractivity contribution in [2.45, 2.75) is 32.5 Å². The van der Waals surface area contributed by atoms with Crippen molar-refractivity contribution < 1.29 is 22.4 Å². The van der Waals surface area contributed by atoms with Crippen LogP contribution in [0.3, 0.4) is 0 Å². The summed E-state index contributed by atoms with van der Waals surface area (Å²) in [7, 11) is 0. The third kappa shape index (κ3) is 3.62. The van der Waals surface area contributed by atoms with Crippen LogP contribution in [0.15, 0.2) is 42.6 Å². The lowest BCUT2D eigenvalue weighted by Crippen LogP contribution is -2.45. The third-order valence-corrected chi connectivity index (χ3v) is 5.11. The van der Waals surface area contributed by atoms with E-state index in [1.807, 2.05) is 6.92 Å². The van der Waals surface area contributed by atoms with E-state index in [-0.39, 0.29) is 36.3 Å².